The van der Waals surface area contributed by atoms with Crippen LogP contribution >= 0.6 is 11.3 Å². The van der Waals surface area contributed by atoms with Crippen molar-refractivity contribution in [1.82, 2.24) is 4.98 Å². The molecule has 15 heteroatoms. The number of esters is 6. The average Bonchev–Trinajstić information content (AvgIpc) is 4.00. The second-order valence-corrected chi connectivity index (χ2v) is 25.9. The summed E-state index contributed by atoms with van der Waals surface area (Å²) in [5, 5.41) is 0.685. The lowest BCUT2D eigenvalue weighted by atomic mass is 9.80. The number of benzene rings is 2. The van der Waals surface area contributed by atoms with E-state index in [1.54, 1.807) is 12.1 Å². The molecule has 6 aliphatic rings. The maximum atomic E-state index is 13.9. The molecule has 9 rings (SSSR count). The predicted octanol–water partition coefficient (Wildman–Crippen LogP) is 14.2. The van der Waals surface area contributed by atoms with Gasteiger partial charge in [-0.3, -0.25) is 28.8 Å². The molecular weight excluding hydrogens is 1030 g/mol. The monoisotopic (exact) mass is 1120 g/mol. The summed E-state index contributed by atoms with van der Waals surface area (Å²) in [4.78, 5) is 87.5. The molecule has 0 spiro atoms. The van der Waals surface area contributed by atoms with E-state index in [-0.39, 0.29) is 101 Å². The zero-order valence-corrected chi connectivity index (χ0v) is 49.1. The molecule has 0 aliphatic heterocycles. The molecule has 0 radical (unpaired) electrons. The number of unbranched alkanes of at least 4 members (excludes halogenated alkanes) is 2. The van der Waals surface area contributed by atoms with E-state index in [0.29, 0.717) is 124 Å². The van der Waals surface area contributed by atoms with Crippen molar-refractivity contribution in [3.8, 4) is 22.1 Å². The molecule has 2 aromatic carbocycles. The molecule has 3 aromatic rings. The summed E-state index contributed by atoms with van der Waals surface area (Å²) in [6.07, 6.45) is 24.3. The number of hydrogen-bond acceptors (Lipinski definition) is 15. The number of rotatable bonds is 20. The van der Waals surface area contributed by atoms with E-state index in [4.69, 9.17) is 33.4 Å². The number of thiazole rings is 1. The third kappa shape index (κ3) is 15.9. The molecule has 6 fully saturated rings. The molecule has 438 valence electrons. The summed E-state index contributed by atoms with van der Waals surface area (Å²) in [5.74, 6) is -0.349. The molecule has 0 atom stereocenters. The predicted molar refractivity (Wildman–Crippen MR) is 308 cm³/mol. The standard InChI is InChI=1S/C65H90N2O12S/c1-5-7-9-41-11-15-44(16-12-41)60(68)74-51-31-21-46(22-32-51)62(70)76-53-35-25-48(26-36-53)64(72)78-55-39-40-56(58-57(55)66-59(80-58)43-19-29-50(30-20-43)67(3)4)79-65(73)49-27-37-54(38-28-49)77-63(71)47-23-33-52(34-24-47)75-61(69)45-17-13-42(14-18-45)10-8-6-2/h19-20,29-30,39-42,44-49,51-54H,5-18,21-28,31-38H2,1-4H3/t41-,42?,44-,45?,46?,47?,48-,49?,51?,52?,53-,54?. The SMILES string of the molecule is CCCCC1CCC(C(=O)OC2CCC(C(=O)OC3CCC(C(=O)Oc4ccc(OC(=O)[C@H]5CC[C@H](OC(=O)C6CCC(OC(=O)[C@H]7CC[C@H](CCCC)CC7)CC6)CC5)c5nc(-c6ccc(N(C)C)cc6)sc45)CC3)CC2)CC1. The van der Waals surface area contributed by atoms with Crippen LogP contribution in [0.5, 0.6) is 11.5 Å². The van der Waals surface area contributed by atoms with Crippen molar-refractivity contribution in [3.05, 3.63) is 36.4 Å². The van der Waals surface area contributed by atoms with Crippen molar-refractivity contribution in [2.75, 3.05) is 19.0 Å². The average molecular weight is 1120 g/mol. The van der Waals surface area contributed by atoms with Crippen LogP contribution in [0, 0.1) is 47.3 Å². The Morgan fingerprint density at radius 3 is 1.11 bits per heavy atom. The minimum absolute atomic E-state index is 0.00197. The van der Waals surface area contributed by atoms with Gasteiger partial charge in [-0.05, 0) is 202 Å². The first-order valence-electron chi connectivity index (χ1n) is 31.3. The van der Waals surface area contributed by atoms with Crippen molar-refractivity contribution >= 4 is 63.1 Å². The van der Waals surface area contributed by atoms with Crippen LogP contribution in [0.3, 0.4) is 0 Å². The first-order valence-corrected chi connectivity index (χ1v) is 32.1. The highest BCUT2D eigenvalue weighted by molar-refractivity contribution is 7.22. The Hall–Kier alpha value is -5.05. The number of anilines is 1. The van der Waals surface area contributed by atoms with Crippen LogP contribution in [0.1, 0.15) is 206 Å². The van der Waals surface area contributed by atoms with Gasteiger partial charge in [0.25, 0.3) is 0 Å². The van der Waals surface area contributed by atoms with Gasteiger partial charge in [-0.15, -0.1) is 11.3 Å². The van der Waals surface area contributed by atoms with Crippen LogP contribution in [0.25, 0.3) is 20.8 Å². The number of hydrogen-bond donors (Lipinski definition) is 0. The van der Waals surface area contributed by atoms with Gasteiger partial charge in [0.1, 0.15) is 39.6 Å². The van der Waals surface area contributed by atoms with E-state index in [2.05, 4.69) is 13.8 Å². The van der Waals surface area contributed by atoms with Gasteiger partial charge in [0, 0.05) is 25.3 Å². The summed E-state index contributed by atoms with van der Waals surface area (Å²) in [5.41, 5.74) is 2.34. The van der Waals surface area contributed by atoms with E-state index < -0.39 is 0 Å². The minimum atomic E-state index is -0.388. The van der Waals surface area contributed by atoms with Gasteiger partial charge < -0.3 is 33.3 Å². The number of fused-ring (bicyclic) bond motifs is 1. The minimum Gasteiger partial charge on any atom is -0.462 e. The molecule has 0 bridgehead atoms. The largest absolute Gasteiger partial charge is 0.462 e. The van der Waals surface area contributed by atoms with Crippen molar-refractivity contribution in [2.24, 2.45) is 47.3 Å². The molecule has 14 nitrogen and oxygen atoms in total. The Morgan fingerprint density at radius 1 is 0.438 bits per heavy atom. The maximum absolute atomic E-state index is 13.9. The van der Waals surface area contributed by atoms with Gasteiger partial charge in [0.15, 0.2) is 11.5 Å². The van der Waals surface area contributed by atoms with Crippen molar-refractivity contribution in [2.45, 2.75) is 231 Å². The summed E-state index contributed by atoms with van der Waals surface area (Å²) in [7, 11) is 3.96. The number of carbonyl (C=O) groups is 6. The van der Waals surface area contributed by atoms with E-state index in [0.717, 1.165) is 74.5 Å². The third-order valence-corrected chi connectivity index (χ3v) is 20.1. The van der Waals surface area contributed by atoms with Crippen LogP contribution in [0.4, 0.5) is 5.69 Å². The van der Waals surface area contributed by atoms with Crippen LogP contribution in [0.15, 0.2) is 36.4 Å². The van der Waals surface area contributed by atoms with E-state index >= 15 is 0 Å². The molecule has 1 heterocycles. The van der Waals surface area contributed by atoms with Crippen molar-refractivity contribution in [3.63, 3.8) is 0 Å². The zero-order valence-electron chi connectivity index (χ0n) is 48.3. The van der Waals surface area contributed by atoms with Gasteiger partial charge >= 0.3 is 35.8 Å². The molecule has 1 aromatic heterocycles. The van der Waals surface area contributed by atoms with Crippen LogP contribution in [-0.2, 0) is 47.7 Å². The second kappa shape index (κ2) is 28.8. The van der Waals surface area contributed by atoms with E-state index in [9.17, 15) is 28.8 Å². The normalized spacial score (nSPS) is 29.1. The molecule has 6 aliphatic carbocycles. The fraction of sp³-hybridized carbons (Fsp3) is 0.708. The van der Waals surface area contributed by atoms with Gasteiger partial charge in [-0.25, -0.2) is 4.98 Å². The first-order chi connectivity index (χ1) is 38.8. The molecule has 0 saturated heterocycles. The number of aromatic nitrogens is 1. The molecule has 0 N–H and O–H groups in total. The first kappa shape index (κ1) is 59.6. The molecule has 80 heavy (non-hydrogen) atoms. The fourth-order valence-electron chi connectivity index (χ4n) is 13.6. The van der Waals surface area contributed by atoms with E-state index in [1.165, 1.54) is 49.9 Å². The Bertz CT molecular complexity index is 2380. The Balaban J connectivity index is 0.725. The highest BCUT2D eigenvalue weighted by atomic mass is 32.1. The van der Waals surface area contributed by atoms with Crippen molar-refractivity contribution in [1.29, 1.82) is 0 Å². The summed E-state index contributed by atoms with van der Waals surface area (Å²) < 4.78 is 36.9. The molecule has 6 saturated carbocycles. The Labute approximate surface area is 478 Å². The van der Waals surface area contributed by atoms with Crippen LogP contribution in [0.2, 0.25) is 0 Å². The summed E-state index contributed by atoms with van der Waals surface area (Å²) >= 11 is 1.37. The fourth-order valence-corrected chi connectivity index (χ4v) is 14.6. The topological polar surface area (TPSA) is 174 Å². The second-order valence-electron chi connectivity index (χ2n) is 24.9. The summed E-state index contributed by atoms with van der Waals surface area (Å²) in [6.45, 7) is 4.45. The Morgan fingerprint density at radius 2 is 0.762 bits per heavy atom. The zero-order chi connectivity index (χ0) is 56.1. The third-order valence-electron chi connectivity index (χ3n) is 19.0. The summed E-state index contributed by atoms with van der Waals surface area (Å²) in [6, 6.07) is 11.3. The van der Waals surface area contributed by atoms with Gasteiger partial charge in [0.2, 0.25) is 0 Å². The molecule has 0 amide bonds. The molecular formula is C65H90N2O12S. The van der Waals surface area contributed by atoms with E-state index in [1.807, 2.05) is 43.3 Å². The maximum Gasteiger partial charge on any atom is 0.314 e. The van der Waals surface area contributed by atoms with Crippen LogP contribution in [-0.4, -0.2) is 79.3 Å². The van der Waals surface area contributed by atoms with Gasteiger partial charge in [0.05, 0.1) is 35.5 Å². The Kier molecular flexibility index (Phi) is 21.4. The lowest BCUT2D eigenvalue weighted by molar-refractivity contribution is -0.164. The lowest BCUT2D eigenvalue weighted by Gasteiger charge is -2.32. The quantitative estimate of drug-likeness (QED) is 0.0594. The highest BCUT2D eigenvalue weighted by Gasteiger charge is 2.38. The smallest absolute Gasteiger partial charge is 0.314 e. The highest BCUT2D eigenvalue weighted by Crippen LogP contribution is 2.43. The van der Waals surface area contributed by atoms with Crippen LogP contribution < -0.4 is 14.4 Å². The molecule has 0 unspecified atom stereocenters. The van der Waals surface area contributed by atoms with Crippen molar-refractivity contribution < 1.29 is 57.2 Å². The lowest BCUT2D eigenvalue weighted by Crippen LogP contribution is -2.34. The van der Waals surface area contributed by atoms with Gasteiger partial charge in [-0.2, -0.15) is 0 Å². The number of carbonyl (C=O) groups excluding carboxylic acids is 6. The number of nitrogens with zero attached hydrogens (tertiary/aromatic N) is 2. The number of ether oxygens (including phenoxy) is 6. The van der Waals surface area contributed by atoms with Gasteiger partial charge in [-0.1, -0.05) is 52.4 Å².